The van der Waals surface area contributed by atoms with Crippen LogP contribution in [0.2, 0.25) is 0 Å². The van der Waals surface area contributed by atoms with Crippen LogP contribution in [0.5, 0.6) is 0 Å². The first-order chi connectivity index (χ1) is 13.1. The van der Waals surface area contributed by atoms with Gasteiger partial charge in [0.05, 0.1) is 0 Å². The first-order valence-corrected chi connectivity index (χ1v) is 10.5. The van der Waals surface area contributed by atoms with Crippen molar-refractivity contribution < 1.29 is 9.59 Å². The second-order valence-corrected chi connectivity index (χ2v) is 8.47. The number of nitrogens with zero attached hydrogens (tertiary/aromatic N) is 3. The van der Waals surface area contributed by atoms with Crippen LogP contribution in [0.4, 0.5) is 0 Å². The highest BCUT2D eigenvalue weighted by Gasteiger charge is 2.46. The molecule has 2 heterocycles. The summed E-state index contributed by atoms with van der Waals surface area (Å²) in [5, 5.41) is 0. The van der Waals surface area contributed by atoms with Crippen molar-refractivity contribution >= 4 is 11.8 Å². The van der Waals surface area contributed by atoms with Gasteiger partial charge in [0.15, 0.2) is 0 Å². The molecular formula is C22H31N3O2. The molecule has 1 aromatic carbocycles. The van der Waals surface area contributed by atoms with Gasteiger partial charge in [-0.2, -0.15) is 0 Å². The van der Waals surface area contributed by atoms with E-state index in [1.807, 2.05) is 35.2 Å². The zero-order chi connectivity index (χ0) is 18.8. The van der Waals surface area contributed by atoms with E-state index in [2.05, 4.69) is 4.90 Å². The molecule has 0 radical (unpaired) electrons. The highest BCUT2D eigenvalue weighted by atomic mass is 16.2. The van der Waals surface area contributed by atoms with E-state index >= 15 is 0 Å². The minimum absolute atomic E-state index is 0.101. The van der Waals surface area contributed by atoms with Gasteiger partial charge in [-0.1, -0.05) is 49.6 Å². The first-order valence-electron chi connectivity index (χ1n) is 10.5. The number of rotatable bonds is 4. The molecule has 5 nitrogen and oxygen atoms in total. The van der Waals surface area contributed by atoms with Crippen molar-refractivity contribution in [3.05, 3.63) is 35.9 Å². The molecule has 0 unspecified atom stereocenters. The minimum Gasteiger partial charge on any atom is -0.332 e. The Morgan fingerprint density at radius 2 is 1.70 bits per heavy atom. The van der Waals surface area contributed by atoms with Crippen LogP contribution in [0.15, 0.2) is 30.3 Å². The standard InChI is InChI=1S/C22H31N3O2/c1-23-19(14-17-8-4-2-5-9-17)22(27)25-13-12-24(16-20(25)21(23)26)15-18-10-6-3-7-11-18/h2,4-5,8-9,18-20H,3,6-7,10-16H2,1H3/t19-,20+/m0/s1. The van der Waals surface area contributed by atoms with Crippen molar-refractivity contribution in [2.45, 2.75) is 50.6 Å². The molecule has 0 aromatic heterocycles. The van der Waals surface area contributed by atoms with Gasteiger partial charge in [0.2, 0.25) is 11.8 Å². The molecule has 2 aliphatic heterocycles. The Morgan fingerprint density at radius 1 is 0.963 bits per heavy atom. The van der Waals surface area contributed by atoms with E-state index in [1.54, 1.807) is 11.9 Å². The Bertz CT molecular complexity index is 671. The second-order valence-electron chi connectivity index (χ2n) is 8.47. The third kappa shape index (κ3) is 3.88. The summed E-state index contributed by atoms with van der Waals surface area (Å²) in [6, 6.07) is 9.32. The van der Waals surface area contributed by atoms with E-state index in [0.717, 1.165) is 24.6 Å². The number of hydrogen-bond donors (Lipinski definition) is 0. The van der Waals surface area contributed by atoms with Gasteiger partial charge in [-0.15, -0.1) is 0 Å². The molecule has 2 amide bonds. The van der Waals surface area contributed by atoms with Crippen LogP contribution in [-0.4, -0.2) is 71.8 Å². The van der Waals surface area contributed by atoms with E-state index in [4.69, 9.17) is 0 Å². The van der Waals surface area contributed by atoms with Crippen LogP contribution in [0.3, 0.4) is 0 Å². The van der Waals surface area contributed by atoms with Crippen LogP contribution >= 0.6 is 0 Å². The Labute approximate surface area is 162 Å². The fraction of sp³-hybridized carbons (Fsp3) is 0.636. The number of carbonyl (C=O) groups excluding carboxylic acids is 2. The molecular weight excluding hydrogens is 338 g/mol. The van der Waals surface area contributed by atoms with Crippen LogP contribution < -0.4 is 0 Å². The van der Waals surface area contributed by atoms with E-state index < -0.39 is 0 Å². The molecule has 4 rings (SSSR count). The molecule has 2 saturated heterocycles. The normalized spacial score (nSPS) is 27.7. The van der Waals surface area contributed by atoms with Crippen molar-refractivity contribution in [3.8, 4) is 0 Å². The monoisotopic (exact) mass is 369 g/mol. The number of benzene rings is 1. The van der Waals surface area contributed by atoms with Crippen molar-refractivity contribution in [2.75, 3.05) is 33.2 Å². The van der Waals surface area contributed by atoms with Crippen LogP contribution in [0, 0.1) is 5.92 Å². The fourth-order valence-corrected chi connectivity index (χ4v) is 5.02. The average molecular weight is 370 g/mol. The minimum atomic E-state index is -0.374. The lowest BCUT2D eigenvalue weighted by Crippen LogP contribution is -2.69. The maximum atomic E-state index is 13.1. The Kier molecular flexibility index (Phi) is 5.48. The molecule has 27 heavy (non-hydrogen) atoms. The van der Waals surface area contributed by atoms with Gasteiger partial charge in [0.1, 0.15) is 12.1 Å². The summed E-state index contributed by atoms with van der Waals surface area (Å²) in [5.41, 5.74) is 1.10. The van der Waals surface area contributed by atoms with Gasteiger partial charge in [-0.05, 0) is 24.3 Å². The van der Waals surface area contributed by atoms with Crippen molar-refractivity contribution in [1.29, 1.82) is 0 Å². The van der Waals surface area contributed by atoms with Crippen LogP contribution in [-0.2, 0) is 16.0 Å². The lowest BCUT2D eigenvalue weighted by Gasteiger charge is -2.49. The van der Waals surface area contributed by atoms with E-state index in [0.29, 0.717) is 19.5 Å². The summed E-state index contributed by atoms with van der Waals surface area (Å²) in [7, 11) is 1.80. The van der Waals surface area contributed by atoms with Gasteiger partial charge < -0.3 is 9.80 Å². The van der Waals surface area contributed by atoms with Crippen molar-refractivity contribution in [1.82, 2.24) is 14.7 Å². The maximum Gasteiger partial charge on any atom is 0.247 e. The van der Waals surface area contributed by atoms with Gasteiger partial charge in [-0.25, -0.2) is 0 Å². The Morgan fingerprint density at radius 3 is 2.44 bits per heavy atom. The fourth-order valence-electron chi connectivity index (χ4n) is 5.02. The Balaban J connectivity index is 1.42. The largest absolute Gasteiger partial charge is 0.332 e. The lowest BCUT2D eigenvalue weighted by atomic mass is 9.88. The number of amides is 2. The van der Waals surface area contributed by atoms with Gasteiger partial charge in [0.25, 0.3) is 0 Å². The molecule has 0 bridgehead atoms. The van der Waals surface area contributed by atoms with Gasteiger partial charge >= 0.3 is 0 Å². The van der Waals surface area contributed by atoms with Gasteiger partial charge in [-0.3, -0.25) is 14.5 Å². The molecule has 1 aromatic rings. The average Bonchev–Trinajstić information content (AvgIpc) is 2.71. The lowest BCUT2D eigenvalue weighted by molar-refractivity contribution is -0.164. The molecule has 1 aliphatic carbocycles. The zero-order valence-corrected chi connectivity index (χ0v) is 16.3. The molecule has 1 saturated carbocycles. The number of likely N-dealkylation sites (N-methyl/N-ethyl adjacent to an activating group) is 1. The predicted molar refractivity (Wildman–Crippen MR) is 105 cm³/mol. The van der Waals surface area contributed by atoms with Crippen molar-refractivity contribution in [3.63, 3.8) is 0 Å². The van der Waals surface area contributed by atoms with E-state index in [-0.39, 0.29) is 23.9 Å². The third-order valence-corrected chi connectivity index (χ3v) is 6.65. The van der Waals surface area contributed by atoms with E-state index in [1.165, 1.54) is 32.1 Å². The molecule has 3 aliphatic rings. The third-order valence-electron chi connectivity index (χ3n) is 6.65. The topological polar surface area (TPSA) is 43.9 Å². The highest BCUT2D eigenvalue weighted by molar-refractivity contribution is 5.97. The molecule has 2 atom stereocenters. The SMILES string of the molecule is CN1C(=O)[C@H]2CN(CC3CCCCC3)CCN2C(=O)[C@@H]1Cc1ccccc1. The van der Waals surface area contributed by atoms with E-state index in [9.17, 15) is 9.59 Å². The highest BCUT2D eigenvalue weighted by Crippen LogP contribution is 2.27. The summed E-state index contributed by atoms with van der Waals surface area (Å²) >= 11 is 0. The molecule has 146 valence electrons. The maximum absolute atomic E-state index is 13.1. The number of hydrogen-bond acceptors (Lipinski definition) is 3. The summed E-state index contributed by atoms with van der Waals surface area (Å²) < 4.78 is 0. The predicted octanol–water partition coefficient (Wildman–Crippen LogP) is 2.16. The quantitative estimate of drug-likeness (QED) is 0.817. The number of fused-ring (bicyclic) bond motifs is 1. The van der Waals surface area contributed by atoms with Crippen LogP contribution in [0.25, 0.3) is 0 Å². The molecule has 0 N–H and O–H groups in total. The number of carbonyl (C=O) groups is 2. The summed E-state index contributed by atoms with van der Waals surface area (Å²) in [5.74, 6) is 0.982. The molecule has 5 heteroatoms. The summed E-state index contributed by atoms with van der Waals surface area (Å²) in [6.45, 7) is 3.36. The zero-order valence-electron chi connectivity index (χ0n) is 16.3. The summed E-state index contributed by atoms with van der Waals surface area (Å²) in [6.07, 6.45) is 7.28. The van der Waals surface area contributed by atoms with Crippen LogP contribution in [0.1, 0.15) is 37.7 Å². The second kappa shape index (κ2) is 8.01. The van der Waals surface area contributed by atoms with Crippen molar-refractivity contribution in [2.24, 2.45) is 5.92 Å². The molecule has 0 spiro atoms. The smallest absolute Gasteiger partial charge is 0.247 e. The Hall–Kier alpha value is -1.88. The van der Waals surface area contributed by atoms with Gasteiger partial charge in [0, 0.05) is 39.6 Å². The molecule has 3 fully saturated rings. The summed E-state index contributed by atoms with van der Waals surface area (Å²) in [4.78, 5) is 32.2. The first kappa shape index (κ1) is 18.5. The number of piperazine rings is 2.